The number of ether oxygens (including phenoxy) is 1. The van der Waals surface area contributed by atoms with E-state index in [1.165, 1.54) is 6.39 Å². The predicted molar refractivity (Wildman–Crippen MR) is 120 cm³/mol. The van der Waals surface area contributed by atoms with Gasteiger partial charge in [-0.15, -0.1) is 0 Å². The molecule has 3 heterocycles. The quantitative estimate of drug-likeness (QED) is 0.641. The Morgan fingerprint density at radius 3 is 2.79 bits per heavy atom. The number of allylic oxidation sites excluding steroid dienone is 1. The molecule has 0 radical (unpaired) electrons. The van der Waals surface area contributed by atoms with Crippen LogP contribution < -0.4 is 15.4 Å². The summed E-state index contributed by atoms with van der Waals surface area (Å²) in [7, 11) is 0. The molecule has 9 nitrogen and oxygen atoms in total. The lowest BCUT2D eigenvalue weighted by atomic mass is 9.76. The van der Waals surface area contributed by atoms with Crippen molar-refractivity contribution < 1.29 is 23.5 Å². The lowest BCUT2D eigenvalue weighted by molar-refractivity contribution is -0.133. The predicted octanol–water partition coefficient (Wildman–Crippen LogP) is 2.09. The summed E-state index contributed by atoms with van der Waals surface area (Å²) in [6.07, 6.45) is 6.84. The maximum Gasteiger partial charge on any atom is 0.276 e. The lowest BCUT2D eigenvalue weighted by Gasteiger charge is -2.41. The number of nitrogens with zero attached hydrogens (tertiary/aromatic N) is 2. The number of carbonyl (C=O) groups is 3. The summed E-state index contributed by atoms with van der Waals surface area (Å²) in [4.78, 5) is 44.6. The zero-order valence-corrected chi connectivity index (χ0v) is 18.6. The van der Waals surface area contributed by atoms with E-state index in [0.29, 0.717) is 42.9 Å². The average molecular weight is 453 g/mol. The first-order valence-corrected chi connectivity index (χ1v) is 11.1. The van der Waals surface area contributed by atoms with E-state index in [0.717, 1.165) is 0 Å². The van der Waals surface area contributed by atoms with Crippen molar-refractivity contribution in [3.8, 4) is 5.75 Å². The van der Waals surface area contributed by atoms with Crippen molar-refractivity contribution in [2.24, 2.45) is 5.41 Å². The molecule has 33 heavy (non-hydrogen) atoms. The van der Waals surface area contributed by atoms with Gasteiger partial charge in [-0.2, -0.15) is 0 Å². The van der Waals surface area contributed by atoms with Gasteiger partial charge in [0.15, 0.2) is 12.1 Å². The highest BCUT2D eigenvalue weighted by Crippen LogP contribution is 2.35. The van der Waals surface area contributed by atoms with Crippen molar-refractivity contribution >= 4 is 17.7 Å². The standard InChI is InChI=1S/C24H28N4O5/c1-17-20(27-16-33-17)22(30)28-13-6-10-24(15-28)9-4-5-14-32-19-8-3-2-7-18(19)21(29)25-11-12-26-23(24)31/h2-5,7-8,16H,6,9-15H2,1H3,(H,25,29)(H,26,31)/b5-4+. The smallest absolute Gasteiger partial charge is 0.276 e. The van der Waals surface area contributed by atoms with Crippen LogP contribution >= 0.6 is 0 Å². The molecule has 1 aromatic heterocycles. The third-order valence-electron chi connectivity index (χ3n) is 6.13. The molecule has 1 unspecified atom stereocenters. The van der Waals surface area contributed by atoms with Gasteiger partial charge in [0, 0.05) is 26.2 Å². The molecule has 1 aromatic carbocycles. The molecule has 2 N–H and O–H groups in total. The number of benzene rings is 1. The highest BCUT2D eigenvalue weighted by Gasteiger charge is 2.43. The zero-order chi connectivity index (χ0) is 23.3. The van der Waals surface area contributed by atoms with Crippen molar-refractivity contribution in [3.63, 3.8) is 0 Å². The number of aromatic nitrogens is 1. The zero-order valence-electron chi connectivity index (χ0n) is 18.6. The molecule has 1 fully saturated rings. The summed E-state index contributed by atoms with van der Waals surface area (Å²) in [5.74, 6) is 0.349. The number of rotatable bonds is 1. The Bertz CT molecular complexity index is 1060. The van der Waals surface area contributed by atoms with E-state index in [1.807, 2.05) is 18.2 Å². The molecule has 2 aromatic rings. The van der Waals surface area contributed by atoms with Crippen LogP contribution in [0.5, 0.6) is 5.75 Å². The number of hydrogen-bond acceptors (Lipinski definition) is 6. The number of likely N-dealkylation sites (tertiary alicyclic amines) is 1. The van der Waals surface area contributed by atoms with Crippen LogP contribution in [0.15, 0.2) is 47.2 Å². The number of oxazole rings is 1. The van der Waals surface area contributed by atoms with E-state index in [4.69, 9.17) is 9.15 Å². The molecule has 174 valence electrons. The van der Waals surface area contributed by atoms with Gasteiger partial charge in [-0.3, -0.25) is 14.4 Å². The summed E-state index contributed by atoms with van der Waals surface area (Å²) in [6.45, 7) is 3.37. The van der Waals surface area contributed by atoms with Crippen LogP contribution in [0.25, 0.3) is 0 Å². The van der Waals surface area contributed by atoms with Crippen molar-refractivity contribution in [2.45, 2.75) is 26.2 Å². The molecule has 1 spiro atoms. The maximum atomic E-state index is 13.3. The highest BCUT2D eigenvalue weighted by molar-refractivity contribution is 5.97. The minimum absolute atomic E-state index is 0.130. The molecule has 0 aliphatic carbocycles. The van der Waals surface area contributed by atoms with Crippen LogP contribution in [-0.2, 0) is 4.79 Å². The second-order valence-electron chi connectivity index (χ2n) is 8.36. The third kappa shape index (κ3) is 4.92. The van der Waals surface area contributed by atoms with Crippen molar-refractivity contribution in [1.82, 2.24) is 20.5 Å². The normalized spacial score (nSPS) is 23.0. The number of para-hydroxylation sites is 1. The van der Waals surface area contributed by atoms with Crippen LogP contribution in [0.3, 0.4) is 0 Å². The fourth-order valence-corrected chi connectivity index (χ4v) is 4.34. The monoisotopic (exact) mass is 452 g/mol. The molecule has 2 aliphatic heterocycles. The molecule has 3 amide bonds. The number of nitrogens with one attached hydrogen (secondary N) is 2. The topological polar surface area (TPSA) is 114 Å². The SMILES string of the molecule is Cc1ocnc1C(=O)N1CCCC2(C/C=C/COc3ccccc3C(=O)NCCNC2=O)C1. The molecular weight excluding hydrogens is 424 g/mol. The molecule has 9 heteroatoms. The number of piperidine rings is 1. The Balaban J connectivity index is 1.53. The first kappa shape index (κ1) is 22.6. The number of fused-ring (bicyclic) bond motifs is 1. The Morgan fingerprint density at radius 2 is 1.97 bits per heavy atom. The molecular formula is C24H28N4O5. The van der Waals surface area contributed by atoms with Crippen LogP contribution in [0.2, 0.25) is 0 Å². The summed E-state index contributed by atoms with van der Waals surface area (Å²) < 4.78 is 11.0. The van der Waals surface area contributed by atoms with Crippen LogP contribution in [-0.4, -0.2) is 60.4 Å². The van der Waals surface area contributed by atoms with Gasteiger partial charge < -0.3 is 24.7 Å². The summed E-state index contributed by atoms with van der Waals surface area (Å²) >= 11 is 0. The van der Waals surface area contributed by atoms with Gasteiger partial charge in [-0.05, 0) is 38.3 Å². The lowest BCUT2D eigenvalue weighted by Crippen LogP contribution is -2.54. The fourth-order valence-electron chi connectivity index (χ4n) is 4.34. The largest absolute Gasteiger partial charge is 0.489 e. The fraction of sp³-hybridized carbons (Fsp3) is 0.417. The third-order valence-corrected chi connectivity index (χ3v) is 6.13. The molecule has 0 bridgehead atoms. The molecule has 0 saturated carbocycles. The van der Waals surface area contributed by atoms with Crippen molar-refractivity contribution in [1.29, 1.82) is 0 Å². The van der Waals surface area contributed by atoms with Crippen LogP contribution in [0.4, 0.5) is 0 Å². The second kappa shape index (κ2) is 9.89. The van der Waals surface area contributed by atoms with Gasteiger partial charge in [0.05, 0.1) is 11.0 Å². The minimum atomic E-state index is -0.770. The van der Waals surface area contributed by atoms with Gasteiger partial charge in [0.2, 0.25) is 5.91 Å². The second-order valence-corrected chi connectivity index (χ2v) is 8.36. The molecule has 1 atom stereocenters. The summed E-state index contributed by atoms with van der Waals surface area (Å²) in [5, 5.41) is 5.78. The van der Waals surface area contributed by atoms with E-state index in [1.54, 1.807) is 30.0 Å². The first-order valence-electron chi connectivity index (χ1n) is 11.1. The van der Waals surface area contributed by atoms with E-state index < -0.39 is 5.41 Å². The number of amides is 3. The molecule has 4 rings (SSSR count). The average Bonchev–Trinajstić information content (AvgIpc) is 3.26. The Kier molecular flexibility index (Phi) is 6.76. The first-order chi connectivity index (χ1) is 16.0. The summed E-state index contributed by atoms with van der Waals surface area (Å²) in [5.41, 5.74) is -0.0392. The Morgan fingerprint density at radius 1 is 1.15 bits per heavy atom. The summed E-state index contributed by atoms with van der Waals surface area (Å²) in [6, 6.07) is 7.06. The Hall–Kier alpha value is -3.62. The van der Waals surface area contributed by atoms with E-state index in [9.17, 15) is 14.4 Å². The maximum absolute atomic E-state index is 13.3. The van der Waals surface area contributed by atoms with Gasteiger partial charge in [0.25, 0.3) is 11.8 Å². The van der Waals surface area contributed by atoms with Crippen LogP contribution in [0, 0.1) is 12.3 Å². The molecule has 1 saturated heterocycles. The van der Waals surface area contributed by atoms with E-state index in [-0.39, 0.29) is 49.7 Å². The Labute approximate surface area is 192 Å². The number of carbonyl (C=O) groups excluding carboxylic acids is 3. The minimum Gasteiger partial charge on any atom is -0.489 e. The van der Waals surface area contributed by atoms with Gasteiger partial charge in [0.1, 0.15) is 18.1 Å². The van der Waals surface area contributed by atoms with Crippen molar-refractivity contribution in [2.75, 3.05) is 32.8 Å². The van der Waals surface area contributed by atoms with Gasteiger partial charge >= 0.3 is 0 Å². The van der Waals surface area contributed by atoms with E-state index >= 15 is 0 Å². The van der Waals surface area contributed by atoms with Gasteiger partial charge in [-0.25, -0.2) is 4.98 Å². The van der Waals surface area contributed by atoms with Crippen LogP contribution in [0.1, 0.15) is 45.9 Å². The van der Waals surface area contributed by atoms with E-state index in [2.05, 4.69) is 15.6 Å². The van der Waals surface area contributed by atoms with Gasteiger partial charge in [-0.1, -0.05) is 24.3 Å². The number of hydrogen-bond donors (Lipinski definition) is 2. The number of aryl methyl sites for hydroxylation is 1. The molecule has 2 aliphatic rings. The van der Waals surface area contributed by atoms with Crippen molar-refractivity contribution in [3.05, 3.63) is 59.8 Å². The highest BCUT2D eigenvalue weighted by atomic mass is 16.5.